The molecule has 6 nitrogen and oxygen atoms in total. The molecule has 1 aromatic carbocycles. The lowest BCUT2D eigenvalue weighted by atomic mass is 10.0. The van der Waals surface area contributed by atoms with Gasteiger partial charge in [-0.2, -0.15) is 0 Å². The van der Waals surface area contributed by atoms with Crippen LogP contribution < -0.4 is 15.2 Å². The predicted molar refractivity (Wildman–Crippen MR) is 63.7 cm³/mol. The highest BCUT2D eigenvalue weighted by Crippen LogP contribution is 2.30. The molecular formula is C13H12NO5-. The highest BCUT2D eigenvalue weighted by atomic mass is 16.5. The number of fused-ring (bicyclic) bond motifs is 1. The lowest BCUT2D eigenvalue weighted by Gasteiger charge is -2.23. The van der Waals surface area contributed by atoms with Crippen LogP contribution in [0.15, 0.2) is 18.2 Å². The zero-order valence-electron chi connectivity index (χ0n) is 10.3. The van der Waals surface area contributed by atoms with Gasteiger partial charge in [-0.1, -0.05) is 0 Å². The first-order valence-electron chi connectivity index (χ1n) is 5.82. The molecule has 0 fully saturated rings. The van der Waals surface area contributed by atoms with Gasteiger partial charge in [0.1, 0.15) is 5.75 Å². The van der Waals surface area contributed by atoms with Crippen LogP contribution in [0.5, 0.6) is 5.75 Å². The number of nitrogens with one attached hydrogen (secondary N) is 1. The number of carboxylic acid groups (broad SMARTS) is 1. The number of ether oxygens (including phenoxy) is 1. The van der Waals surface area contributed by atoms with Crippen LogP contribution in [0.3, 0.4) is 0 Å². The fourth-order valence-corrected chi connectivity index (χ4v) is 1.74. The SMILES string of the molecule is C[C@H]1Oc2ccc(C(=O)CCC(=O)[O-])cc2NC1=O. The van der Waals surface area contributed by atoms with Crippen LogP contribution in [-0.4, -0.2) is 23.8 Å². The van der Waals surface area contributed by atoms with Crippen molar-refractivity contribution in [1.82, 2.24) is 0 Å². The maximum absolute atomic E-state index is 11.7. The van der Waals surface area contributed by atoms with E-state index in [2.05, 4.69) is 5.32 Å². The third kappa shape index (κ3) is 2.90. The highest BCUT2D eigenvalue weighted by Gasteiger charge is 2.24. The Morgan fingerprint density at radius 3 is 2.79 bits per heavy atom. The molecule has 1 heterocycles. The summed E-state index contributed by atoms with van der Waals surface area (Å²) in [6, 6.07) is 4.61. The lowest BCUT2D eigenvalue weighted by molar-refractivity contribution is -0.305. The number of hydrogen-bond acceptors (Lipinski definition) is 5. The van der Waals surface area contributed by atoms with Crippen LogP contribution in [0.2, 0.25) is 0 Å². The largest absolute Gasteiger partial charge is 0.550 e. The van der Waals surface area contributed by atoms with E-state index in [4.69, 9.17) is 4.74 Å². The highest BCUT2D eigenvalue weighted by molar-refractivity contribution is 6.02. The summed E-state index contributed by atoms with van der Waals surface area (Å²) in [6.07, 6.45) is -1.03. The number of carbonyl (C=O) groups excluding carboxylic acids is 3. The van der Waals surface area contributed by atoms with Gasteiger partial charge in [0.15, 0.2) is 11.9 Å². The van der Waals surface area contributed by atoms with E-state index in [0.29, 0.717) is 17.0 Å². The Bertz CT molecular complexity index is 552. The van der Waals surface area contributed by atoms with E-state index in [0.717, 1.165) is 0 Å². The number of hydrogen-bond donors (Lipinski definition) is 1. The zero-order chi connectivity index (χ0) is 14.0. The van der Waals surface area contributed by atoms with Crippen LogP contribution in [0, 0.1) is 0 Å². The molecule has 6 heteroatoms. The van der Waals surface area contributed by atoms with Gasteiger partial charge in [-0.05, 0) is 31.5 Å². The minimum Gasteiger partial charge on any atom is -0.550 e. The number of benzene rings is 1. The second kappa shape index (κ2) is 5.09. The monoisotopic (exact) mass is 262 g/mol. The maximum Gasteiger partial charge on any atom is 0.265 e. The second-order valence-corrected chi connectivity index (χ2v) is 4.26. The summed E-state index contributed by atoms with van der Waals surface area (Å²) in [6.45, 7) is 1.62. The first-order chi connectivity index (χ1) is 8.97. The van der Waals surface area contributed by atoms with Gasteiger partial charge < -0.3 is 20.0 Å². The van der Waals surface area contributed by atoms with Crippen LogP contribution >= 0.6 is 0 Å². The normalized spacial score (nSPS) is 17.1. The smallest absolute Gasteiger partial charge is 0.265 e. The first-order valence-corrected chi connectivity index (χ1v) is 5.82. The van der Waals surface area contributed by atoms with Gasteiger partial charge in [0.05, 0.1) is 5.69 Å². The van der Waals surface area contributed by atoms with Crippen molar-refractivity contribution < 1.29 is 24.2 Å². The fraction of sp³-hybridized carbons (Fsp3) is 0.308. The summed E-state index contributed by atoms with van der Waals surface area (Å²) in [4.78, 5) is 33.5. The average molecular weight is 262 g/mol. The molecule has 0 aromatic heterocycles. The third-order valence-electron chi connectivity index (χ3n) is 2.79. The van der Waals surface area contributed by atoms with Gasteiger partial charge in [0, 0.05) is 18.0 Å². The van der Waals surface area contributed by atoms with Gasteiger partial charge in [-0.25, -0.2) is 0 Å². The number of amides is 1. The van der Waals surface area contributed by atoms with Gasteiger partial charge in [0.2, 0.25) is 0 Å². The molecule has 100 valence electrons. The minimum atomic E-state index is -1.27. The van der Waals surface area contributed by atoms with Crippen molar-refractivity contribution in [2.24, 2.45) is 0 Å². The maximum atomic E-state index is 11.7. The molecule has 1 N–H and O–H groups in total. The number of Topliss-reactive ketones (excluding diaryl/α,β-unsaturated/α-hetero) is 1. The Morgan fingerprint density at radius 2 is 2.11 bits per heavy atom. The van der Waals surface area contributed by atoms with E-state index in [9.17, 15) is 19.5 Å². The molecule has 1 aliphatic rings. The first kappa shape index (κ1) is 13.1. The van der Waals surface area contributed by atoms with E-state index in [1.165, 1.54) is 6.07 Å². The molecule has 1 atom stereocenters. The second-order valence-electron chi connectivity index (χ2n) is 4.26. The molecule has 1 amide bonds. The number of aliphatic carboxylic acids is 1. The molecule has 0 aliphatic carbocycles. The van der Waals surface area contributed by atoms with Gasteiger partial charge in [0.25, 0.3) is 5.91 Å². The predicted octanol–water partition coefficient (Wildman–Crippen LogP) is 0.119. The van der Waals surface area contributed by atoms with Gasteiger partial charge in [-0.15, -0.1) is 0 Å². The molecule has 0 saturated carbocycles. The molecule has 0 saturated heterocycles. The molecule has 0 spiro atoms. The summed E-state index contributed by atoms with van der Waals surface area (Å²) in [5, 5.41) is 12.9. The number of carbonyl (C=O) groups is 3. The van der Waals surface area contributed by atoms with Crippen molar-refractivity contribution in [3.8, 4) is 5.75 Å². The lowest BCUT2D eigenvalue weighted by Crippen LogP contribution is -2.34. The zero-order valence-corrected chi connectivity index (χ0v) is 10.3. The summed E-state index contributed by atoms with van der Waals surface area (Å²) in [7, 11) is 0. The van der Waals surface area contributed by atoms with Gasteiger partial charge in [-0.3, -0.25) is 9.59 Å². The van der Waals surface area contributed by atoms with Gasteiger partial charge >= 0.3 is 0 Å². The van der Waals surface area contributed by atoms with Crippen LogP contribution in [0.1, 0.15) is 30.1 Å². The topological polar surface area (TPSA) is 95.5 Å². The quantitative estimate of drug-likeness (QED) is 0.777. The molecule has 0 unspecified atom stereocenters. The van der Waals surface area contributed by atoms with Crippen molar-refractivity contribution in [2.45, 2.75) is 25.9 Å². The number of ketones is 1. The Balaban J connectivity index is 2.17. The van der Waals surface area contributed by atoms with Crippen LogP contribution in [-0.2, 0) is 9.59 Å². The third-order valence-corrected chi connectivity index (χ3v) is 2.79. The summed E-state index contributed by atoms with van der Waals surface area (Å²) in [5.74, 6) is -1.38. The van der Waals surface area contributed by atoms with Crippen molar-refractivity contribution in [3.05, 3.63) is 23.8 Å². The molecule has 0 bridgehead atoms. The van der Waals surface area contributed by atoms with Crippen molar-refractivity contribution >= 4 is 23.3 Å². The van der Waals surface area contributed by atoms with Crippen molar-refractivity contribution in [2.75, 3.05) is 5.32 Å². The van der Waals surface area contributed by atoms with E-state index in [1.807, 2.05) is 0 Å². The standard InChI is InChI=1S/C13H13NO5/c1-7-13(18)14-9-6-8(2-4-11(9)19-7)10(15)3-5-12(16)17/h2,4,6-7H,3,5H2,1H3,(H,14,18)(H,16,17)/p-1/t7-/m1/s1. The van der Waals surface area contributed by atoms with Crippen LogP contribution in [0.25, 0.3) is 0 Å². The molecule has 1 aliphatic heterocycles. The molecule has 1 aromatic rings. The van der Waals surface area contributed by atoms with E-state index >= 15 is 0 Å². The molecule has 0 radical (unpaired) electrons. The number of rotatable bonds is 4. The van der Waals surface area contributed by atoms with E-state index < -0.39 is 12.1 Å². The Hall–Kier alpha value is -2.37. The average Bonchev–Trinajstić information content (AvgIpc) is 2.36. The van der Waals surface area contributed by atoms with E-state index in [-0.39, 0.29) is 24.5 Å². The molecular weight excluding hydrogens is 250 g/mol. The number of carboxylic acids is 1. The Labute approximate surface area is 109 Å². The molecule has 19 heavy (non-hydrogen) atoms. The summed E-state index contributed by atoms with van der Waals surface area (Å²) in [5.41, 5.74) is 0.751. The van der Waals surface area contributed by atoms with Crippen molar-refractivity contribution in [3.63, 3.8) is 0 Å². The molecule has 2 rings (SSSR count). The number of anilines is 1. The van der Waals surface area contributed by atoms with Crippen molar-refractivity contribution in [1.29, 1.82) is 0 Å². The summed E-state index contributed by atoms with van der Waals surface area (Å²) >= 11 is 0. The van der Waals surface area contributed by atoms with E-state index in [1.54, 1.807) is 19.1 Å². The fourth-order valence-electron chi connectivity index (χ4n) is 1.74. The Kier molecular flexibility index (Phi) is 3.50. The van der Waals surface area contributed by atoms with Crippen LogP contribution in [0.4, 0.5) is 5.69 Å². The Morgan fingerprint density at radius 1 is 1.37 bits per heavy atom. The minimum absolute atomic E-state index is 0.133. The summed E-state index contributed by atoms with van der Waals surface area (Å²) < 4.78 is 5.35.